The molecule has 0 aliphatic rings. The summed E-state index contributed by atoms with van der Waals surface area (Å²) in [5.41, 5.74) is 0.542. The van der Waals surface area contributed by atoms with E-state index in [2.05, 4.69) is 14.7 Å². The van der Waals surface area contributed by atoms with Gasteiger partial charge in [0.25, 0.3) is 10.0 Å². The summed E-state index contributed by atoms with van der Waals surface area (Å²) in [4.78, 5) is 7.59. The number of nitrogens with zero attached hydrogens (tertiary/aromatic N) is 2. The number of sulfonamides is 1. The van der Waals surface area contributed by atoms with Crippen LogP contribution < -0.4 is 4.72 Å². The zero-order valence-corrected chi connectivity index (χ0v) is 12.1. The number of benzene rings is 1. The van der Waals surface area contributed by atoms with Crippen LogP contribution in [0, 0.1) is 6.92 Å². The molecule has 8 heteroatoms. The molecule has 0 saturated heterocycles. The number of halogens is 2. The fraction of sp³-hybridized carbons (Fsp3) is 0.0909. The molecule has 0 unspecified atom stereocenters. The van der Waals surface area contributed by atoms with Crippen LogP contribution in [-0.4, -0.2) is 18.4 Å². The van der Waals surface area contributed by atoms with Gasteiger partial charge in [0.05, 0.1) is 4.90 Å². The smallest absolute Gasteiger partial charge is 0.263 e. The summed E-state index contributed by atoms with van der Waals surface area (Å²) in [6.45, 7) is 1.66. The quantitative estimate of drug-likeness (QED) is 0.883. The minimum atomic E-state index is -3.74. The normalized spacial score (nSPS) is 11.3. The second-order valence-corrected chi connectivity index (χ2v) is 6.22. The van der Waals surface area contributed by atoms with Crippen LogP contribution >= 0.6 is 23.2 Å². The van der Waals surface area contributed by atoms with Gasteiger partial charge in [0.1, 0.15) is 17.3 Å². The topological polar surface area (TPSA) is 72.0 Å². The van der Waals surface area contributed by atoms with Crippen LogP contribution in [0.1, 0.15) is 5.56 Å². The first-order valence-corrected chi connectivity index (χ1v) is 7.39. The van der Waals surface area contributed by atoms with Crippen LogP contribution in [0.5, 0.6) is 0 Å². The highest BCUT2D eigenvalue weighted by Gasteiger charge is 2.17. The highest BCUT2D eigenvalue weighted by atomic mass is 35.5. The number of hydrogen-bond donors (Lipinski definition) is 1. The Labute approximate surface area is 120 Å². The standard InChI is InChI=1S/C11H9Cl2N3O2S/c1-7-4-8(12)2-3-9(7)19(17,18)16-11-5-10(13)14-6-15-11/h2-6H,1H3,(H,14,15,16). The van der Waals surface area contributed by atoms with Crippen molar-refractivity contribution in [2.45, 2.75) is 11.8 Å². The van der Waals surface area contributed by atoms with E-state index in [-0.39, 0.29) is 15.9 Å². The van der Waals surface area contributed by atoms with E-state index in [0.717, 1.165) is 0 Å². The van der Waals surface area contributed by atoms with Crippen LogP contribution in [0.25, 0.3) is 0 Å². The summed E-state index contributed by atoms with van der Waals surface area (Å²) in [7, 11) is -3.74. The molecule has 19 heavy (non-hydrogen) atoms. The number of hydrogen-bond acceptors (Lipinski definition) is 4. The van der Waals surface area contributed by atoms with Crippen LogP contribution in [-0.2, 0) is 10.0 Å². The number of nitrogens with one attached hydrogen (secondary N) is 1. The lowest BCUT2D eigenvalue weighted by molar-refractivity contribution is 0.600. The predicted octanol–water partition coefficient (Wildman–Crippen LogP) is 2.89. The molecule has 1 aromatic heterocycles. The van der Waals surface area contributed by atoms with Crippen molar-refractivity contribution in [2.75, 3.05) is 4.72 Å². The Balaban J connectivity index is 2.38. The molecular formula is C11H9Cl2N3O2S. The summed E-state index contributed by atoms with van der Waals surface area (Å²) < 4.78 is 26.7. The van der Waals surface area contributed by atoms with Gasteiger partial charge in [0, 0.05) is 11.1 Å². The van der Waals surface area contributed by atoms with E-state index in [4.69, 9.17) is 23.2 Å². The van der Waals surface area contributed by atoms with Gasteiger partial charge >= 0.3 is 0 Å². The minimum Gasteiger partial charge on any atom is -0.263 e. The van der Waals surface area contributed by atoms with Crippen molar-refractivity contribution in [3.8, 4) is 0 Å². The van der Waals surface area contributed by atoms with Gasteiger partial charge in [-0.15, -0.1) is 0 Å². The molecule has 0 radical (unpaired) electrons. The van der Waals surface area contributed by atoms with Crippen LogP contribution in [0.15, 0.2) is 35.5 Å². The Hall–Kier alpha value is -1.37. The lowest BCUT2D eigenvalue weighted by Gasteiger charge is -2.09. The molecular weight excluding hydrogens is 309 g/mol. The Morgan fingerprint density at radius 3 is 2.53 bits per heavy atom. The third-order valence-electron chi connectivity index (χ3n) is 2.30. The van der Waals surface area contributed by atoms with Crippen molar-refractivity contribution in [1.82, 2.24) is 9.97 Å². The van der Waals surface area contributed by atoms with Crippen LogP contribution in [0.2, 0.25) is 10.2 Å². The molecule has 5 nitrogen and oxygen atoms in total. The van der Waals surface area contributed by atoms with E-state index in [9.17, 15) is 8.42 Å². The maximum Gasteiger partial charge on any atom is 0.263 e. The van der Waals surface area contributed by atoms with Gasteiger partial charge in [0.15, 0.2) is 0 Å². The largest absolute Gasteiger partial charge is 0.263 e. The number of rotatable bonds is 3. The van der Waals surface area contributed by atoms with Gasteiger partial charge in [-0.05, 0) is 30.7 Å². The average molecular weight is 318 g/mol. The molecule has 0 atom stereocenters. The SMILES string of the molecule is Cc1cc(Cl)ccc1S(=O)(=O)Nc1cc(Cl)ncn1. The summed E-state index contributed by atoms with van der Waals surface area (Å²) in [6.07, 6.45) is 1.18. The van der Waals surface area contributed by atoms with Crippen molar-refractivity contribution in [3.05, 3.63) is 46.3 Å². The molecule has 0 aliphatic carbocycles. The van der Waals surface area contributed by atoms with E-state index in [0.29, 0.717) is 10.6 Å². The van der Waals surface area contributed by atoms with Gasteiger partial charge in [-0.3, -0.25) is 4.72 Å². The third-order valence-corrected chi connectivity index (χ3v) is 4.26. The molecule has 2 aromatic rings. The molecule has 100 valence electrons. The van der Waals surface area contributed by atoms with Gasteiger partial charge < -0.3 is 0 Å². The van der Waals surface area contributed by atoms with Crippen molar-refractivity contribution < 1.29 is 8.42 Å². The van der Waals surface area contributed by atoms with E-state index in [1.807, 2.05) is 0 Å². The first-order valence-electron chi connectivity index (χ1n) is 5.15. The summed E-state index contributed by atoms with van der Waals surface area (Å²) >= 11 is 11.5. The second-order valence-electron chi connectivity index (χ2n) is 3.74. The molecule has 1 aromatic carbocycles. The molecule has 0 amide bonds. The van der Waals surface area contributed by atoms with E-state index < -0.39 is 10.0 Å². The predicted molar refractivity (Wildman–Crippen MR) is 74.0 cm³/mol. The minimum absolute atomic E-state index is 0.106. The van der Waals surface area contributed by atoms with Gasteiger partial charge in [-0.2, -0.15) is 0 Å². The van der Waals surface area contributed by atoms with E-state index in [1.165, 1.54) is 24.5 Å². The van der Waals surface area contributed by atoms with E-state index in [1.54, 1.807) is 13.0 Å². The second kappa shape index (κ2) is 5.32. The average Bonchev–Trinajstić information content (AvgIpc) is 2.27. The molecule has 1 N–H and O–H groups in total. The summed E-state index contributed by atoms with van der Waals surface area (Å²) in [6, 6.07) is 5.84. The van der Waals surface area contributed by atoms with Gasteiger partial charge in [-0.1, -0.05) is 23.2 Å². The molecule has 0 spiro atoms. The zero-order chi connectivity index (χ0) is 14.0. The Kier molecular flexibility index (Phi) is 3.93. The third kappa shape index (κ3) is 3.34. The highest BCUT2D eigenvalue weighted by Crippen LogP contribution is 2.22. The Morgan fingerprint density at radius 2 is 1.89 bits per heavy atom. The molecule has 1 heterocycles. The van der Waals surface area contributed by atoms with Crippen LogP contribution in [0.3, 0.4) is 0 Å². The summed E-state index contributed by atoms with van der Waals surface area (Å²) in [5, 5.41) is 0.627. The molecule has 0 fully saturated rings. The van der Waals surface area contributed by atoms with Crippen molar-refractivity contribution in [2.24, 2.45) is 0 Å². The lowest BCUT2D eigenvalue weighted by atomic mass is 10.2. The molecule has 2 rings (SSSR count). The number of aromatic nitrogens is 2. The molecule has 0 saturated carbocycles. The fourth-order valence-corrected chi connectivity index (χ4v) is 3.10. The number of aryl methyl sites for hydroxylation is 1. The number of anilines is 1. The Bertz CT molecular complexity index is 720. The molecule has 0 bridgehead atoms. The van der Waals surface area contributed by atoms with Crippen molar-refractivity contribution in [3.63, 3.8) is 0 Å². The summed E-state index contributed by atoms with van der Waals surface area (Å²) in [5.74, 6) is 0.106. The lowest BCUT2D eigenvalue weighted by Crippen LogP contribution is -2.15. The first-order chi connectivity index (χ1) is 8.88. The Morgan fingerprint density at radius 1 is 1.16 bits per heavy atom. The van der Waals surface area contributed by atoms with Crippen LogP contribution in [0.4, 0.5) is 5.82 Å². The van der Waals surface area contributed by atoms with Crippen molar-refractivity contribution >= 4 is 39.0 Å². The van der Waals surface area contributed by atoms with Gasteiger partial charge in [-0.25, -0.2) is 18.4 Å². The van der Waals surface area contributed by atoms with Gasteiger partial charge in [0.2, 0.25) is 0 Å². The van der Waals surface area contributed by atoms with Crippen molar-refractivity contribution in [1.29, 1.82) is 0 Å². The monoisotopic (exact) mass is 317 g/mol. The van der Waals surface area contributed by atoms with E-state index >= 15 is 0 Å². The fourth-order valence-electron chi connectivity index (χ4n) is 1.50. The zero-order valence-electron chi connectivity index (χ0n) is 9.76. The maximum atomic E-state index is 12.2. The molecule has 0 aliphatic heterocycles. The first kappa shape index (κ1) is 14.0. The maximum absolute atomic E-state index is 12.2. The highest BCUT2D eigenvalue weighted by molar-refractivity contribution is 7.92.